The summed E-state index contributed by atoms with van der Waals surface area (Å²) in [6, 6.07) is 17.3. The molecule has 0 aliphatic rings. The second-order valence-electron chi connectivity index (χ2n) is 7.90. The Kier molecular flexibility index (Phi) is 5.62. The molecule has 0 aliphatic heterocycles. The number of hydrogen-bond acceptors (Lipinski definition) is 4. The molecule has 2 N–H and O–H groups in total. The number of nitrogens with one attached hydrogen (secondary N) is 2. The van der Waals surface area contributed by atoms with Crippen LogP contribution < -0.4 is 5.32 Å². The van der Waals surface area contributed by atoms with Gasteiger partial charge >= 0.3 is 12.4 Å². The predicted molar refractivity (Wildman–Crippen MR) is 122 cm³/mol. The Bertz CT molecular complexity index is 1490. The highest BCUT2D eigenvalue weighted by Crippen LogP contribution is 2.39. The third-order valence-electron chi connectivity index (χ3n) is 5.49. The molecule has 0 radical (unpaired) electrons. The van der Waals surface area contributed by atoms with Crippen LogP contribution in [0.15, 0.2) is 79.0 Å². The number of benzene rings is 3. The summed E-state index contributed by atoms with van der Waals surface area (Å²) in [5.41, 5.74) is -0.395. The van der Waals surface area contributed by atoms with E-state index in [0.717, 1.165) is 16.8 Å². The van der Waals surface area contributed by atoms with E-state index in [-0.39, 0.29) is 11.9 Å². The second kappa shape index (κ2) is 8.67. The molecule has 0 aliphatic carbocycles. The largest absolute Gasteiger partial charge is 0.416 e. The monoisotopic (exact) mass is 499 g/mol. The molecule has 0 saturated carbocycles. The first kappa shape index (κ1) is 23.3. The molecule has 36 heavy (non-hydrogen) atoms. The van der Waals surface area contributed by atoms with Crippen LogP contribution in [0, 0.1) is 0 Å². The SMILES string of the molecule is FC(F)(F)c1cc(Nc2nnc(-c3ccc(-c4cc[nH]n4)cc3)c3ccccc23)cc(C(F)(F)F)c1. The minimum Gasteiger partial charge on any atom is -0.338 e. The van der Waals surface area contributed by atoms with Crippen LogP contribution in [0.1, 0.15) is 11.1 Å². The summed E-state index contributed by atoms with van der Waals surface area (Å²) in [7, 11) is 0. The minimum absolute atomic E-state index is 0.0231. The lowest BCUT2D eigenvalue weighted by Crippen LogP contribution is -2.12. The molecule has 5 rings (SSSR count). The first-order valence-corrected chi connectivity index (χ1v) is 10.5. The Balaban J connectivity index is 1.55. The van der Waals surface area contributed by atoms with Gasteiger partial charge in [0.2, 0.25) is 0 Å². The van der Waals surface area contributed by atoms with Gasteiger partial charge in [-0.1, -0.05) is 48.5 Å². The Labute approximate surface area is 199 Å². The lowest BCUT2D eigenvalue weighted by Gasteiger charge is -2.16. The summed E-state index contributed by atoms with van der Waals surface area (Å²) >= 11 is 0. The summed E-state index contributed by atoms with van der Waals surface area (Å²) < 4.78 is 79.5. The highest BCUT2D eigenvalue weighted by Gasteiger charge is 2.37. The average molecular weight is 499 g/mol. The molecule has 0 fully saturated rings. The van der Waals surface area contributed by atoms with Gasteiger partial charge in [0.15, 0.2) is 5.82 Å². The number of halogens is 6. The third-order valence-corrected chi connectivity index (χ3v) is 5.49. The zero-order chi connectivity index (χ0) is 25.5. The number of H-pyrrole nitrogens is 1. The van der Waals surface area contributed by atoms with Gasteiger partial charge in [0.05, 0.1) is 16.8 Å². The molecular formula is C25H15F6N5. The van der Waals surface area contributed by atoms with Gasteiger partial charge in [0, 0.05) is 33.8 Å². The lowest BCUT2D eigenvalue weighted by atomic mass is 10.0. The van der Waals surface area contributed by atoms with Crippen LogP contribution in [0.3, 0.4) is 0 Å². The minimum atomic E-state index is -4.96. The molecule has 11 heteroatoms. The van der Waals surface area contributed by atoms with Gasteiger partial charge in [0.1, 0.15) is 5.69 Å². The molecule has 5 nitrogen and oxygen atoms in total. The highest BCUT2D eigenvalue weighted by molar-refractivity contribution is 6.01. The van der Waals surface area contributed by atoms with Gasteiger partial charge in [-0.05, 0) is 24.3 Å². The Morgan fingerprint density at radius 1 is 0.667 bits per heavy atom. The summed E-state index contributed by atoms with van der Waals surface area (Å²) in [6.45, 7) is 0. The van der Waals surface area contributed by atoms with E-state index in [1.165, 1.54) is 0 Å². The third kappa shape index (κ3) is 4.59. The van der Waals surface area contributed by atoms with E-state index in [9.17, 15) is 26.3 Å². The van der Waals surface area contributed by atoms with Crippen LogP contribution in [0.25, 0.3) is 33.3 Å². The van der Waals surface area contributed by atoms with Crippen molar-refractivity contribution in [2.75, 3.05) is 5.32 Å². The average Bonchev–Trinajstić information content (AvgIpc) is 3.38. The molecule has 0 amide bonds. The maximum absolute atomic E-state index is 13.3. The molecular weight excluding hydrogens is 484 g/mol. The van der Waals surface area contributed by atoms with E-state index in [4.69, 9.17) is 0 Å². The van der Waals surface area contributed by atoms with Gasteiger partial charge < -0.3 is 5.32 Å². The van der Waals surface area contributed by atoms with E-state index in [1.54, 1.807) is 30.5 Å². The number of anilines is 2. The van der Waals surface area contributed by atoms with Gasteiger partial charge in [0.25, 0.3) is 0 Å². The number of aromatic nitrogens is 4. The zero-order valence-electron chi connectivity index (χ0n) is 18.1. The molecule has 0 saturated heterocycles. The van der Waals surface area contributed by atoms with Crippen LogP contribution in [0.5, 0.6) is 0 Å². The predicted octanol–water partition coefficient (Wildman–Crippen LogP) is 7.47. The maximum Gasteiger partial charge on any atom is 0.416 e. The number of hydrogen-bond donors (Lipinski definition) is 2. The molecule has 0 atom stereocenters. The number of rotatable bonds is 4. The summed E-state index contributed by atoms with van der Waals surface area (Å²) in [4.78, 5) is 0. The number of fused-ring (bicyclic) bond motifs is 1. The fourth-order valence-corrected chi connectivity index (χ4v) is 3.79. The molecule has 0 spiro atoms. The number of nitrogens with zero attached hydrogens (tertiary/aromatic N) is 3. The molecule has 3 aromatic carbocycles. The van der Waals surface area contributed by atoms with Crippen LogP contribution >= 0.6 is 0 Å². The summed E-state index contributed by atoms with van der Waals surface area (Å²) in [5.74, 6) is 0.0231. The molecule has 0 unspecified atom stereocenters. The smallest absolute Gasteiger partial charge is 0.338 e. The van der Waals surface area contributed by atoms with Crippen molar-refractivity contribution in [1.29, 1.82) is 0 Å². The van der Waals surface area contributed by atoms with Crippen molar-refractivity contribution in [3.8, 4) is 22.5 Å². The quantitative estimate of drug-likeness (QED) is 0.252. The van der Waals surface area contributed by atoms with E-state index in [1.807, 2.05) is 30.3 Å². The Morgan fingerprint density at radius 3 is 1.86 bits per heavy atom. The number of alkyl halides is 6. The topological polar surface area (TPSA) is 66.5 Å². The second-order valence-corrected chi connectivity index (χ2v) is 7.90. The van der Waals surface area contributed by atoms with Crippen molar-refractivity contribution >= 4 is 22.3 Å². The molecule has 2 aromatic heterocycles. The molecule has 2 heterocycles. The standard InChI is InChI=1S/C25H15F6N5/c26-24(27,28)16-11-17(25(29,30)31)13-18(12-16)33-23-20-4-2-1-3-19(20)22(35-36-23)15-7-5-14(6-8-15)21-9-10-32-34-21/h1-13H,(H,32,34)(H,33,36). The van der Waals surface area contributed by atoms with Crippen molar-refractivity contribution in [3.63, 3.8) is 0 Å². The highest BCUT2D eigenvalue weighted by atomic mass is 19.4. The normalized spacial score (nSPS) is 12.2. The van der Waals surface area contributed by atoms with Crippen molar-refractivity contribution in [3.05, 3.63) is 90.1 Å². The van der Waals surface area contributed by atoms with Gasteiger partial charge in [-0.25, -0.2) is 0 Å². The van der Waals surface area contributed by atoms with Crippen LogP contribution in [0.2, 0.25) is 0 Å². The van der Waals surface area contributed by atoms with E-state index >= 15 is 0 Å². The number of aromatic amines is 1. The van der Waals surface area contributed by atoms with Crippen molar-refractivity contribution in [2.24, 2.45) is 0 Å². The van der Waals surface area contributed by atoms with E-state index in [0.29, 0.717) is 28.6 Å². The Morgan fingerprint density at radius 2 is 1.28 bits per heavy atom. The van der Waals surface area contributed by atoms with Crippen LogP contribution in [-0.2, 0) is 12.4 Å². The molecule has 0 bridgehead atoms. The molecule has 182 valence electrons. The van der Waals surface area contributed by atoms with Crippen LogP contribution in [0.4, 0.5) is 37.8 Å². The van der Waals surface area contributed by atoms with E-state index < -0.39 is 29.2 Å². The zero-order valence-corrected chi connectivity index (χ0v) is 18.1. The fourth-order valence-electron chi connectivity index (χ4n) is 3.79. The van der Waals surface area contributed by atoms with Crippen LogP contribution in [-0.4, -0.2) is 20.4 Å². The van der Waals surface area contributed by atoms with Crippen molar-refractivity contribution in [2.45, 2.75) is 12.4 Å². The summed E-state index contributed by atoms with van der Waals surface area (Å²) in [5, 5.41) is 18.9. The van der Waals surface area contributed by atoms with Gasteiger partial charge in [-0.2, -0.15) is 31.4 Å². The van der Waals surface area contributed by atoms with Crippen molar-refractivity contribution < 1.29 is 26.3 Å². The van der Waals surface area contributed by atoms with Crippen molar-refractivity contribution in [1.82, 2.24) is 20.4 Å². The lowest BCUT2D eigenvalue weighted by molar-refractivity contribution is -0.143. The molecule has 5 aromatic rings. The van der Waals surface area contributed by atoms with Gasteiger partial charge in [-0.3, -0.25) is 5.10 Å². The van der Waals surface area contributed by atoms with E-state index in [2.05, 4.69) is 25.7 Å². The first-order valence-electron chi connectivity index (χ1n) is 10.5. The fraction of sp³-hybridized carbons (Fsp3) is 0.0800. The maximum atomic E-state index is 13.3. The Hall–Kier alpha value is -4.41. The first-order chi connectivity index (χ1) is 17.1. The van der Waals surface area contributed by atoms with Gasteiger partial charge in [-0.15, -0.1) is 10.2 Å². The summed E-state index contributed by atoms with van der Waals surface area (Å²) in [6.07, 6.45) is -8.22.